The third-order valence-electron chi connectivity index (χ3n) is 4.48. The minimum absolute atomic E-state index is 0.195. The normalized spacial score (nSPS) is 14.6. The SMILES string of the molecule is CCCCCNc1ccnc(N2CCN(c3ccc(F)cc3)CC2)n1. The average molecular weight is 343 g/mol. The Morgan fingerprint density at radius 2 is 1.72 bits per heavy atom. The fourth-order valence-electron chi connectivity index (χ4n) is 3.01. The number of aromatic nitrogens is 2. The van der Waals surface area contributed by atoms with Gasteiger partial charge in [0.25, 0.3) is 0 Å². The number of nitrogens with zero attached hydrogens (tertiary/aromatic N) is 4. The highest BCUT2D eigenvalue weighted by atomic mass is 19.1. The van der Waals surface area contributed by atoms with Crippen molar-refractivity contribution in [2.75, 3.05) is 47.8 Å². The molecule has 0 spiro atoms. The van der Waals surface area contributed by atoms with Crippen molar-refractivity contribution >= 4 is 17.5 Å². The van der Waals surface area contributed by atoms with Crippen LogP contribution in [0.15, 0.2) is 36.5 Å². The molecule has 1 fully saturated rings. The number of unbranched alkanes of at least 4 members (excludes halogenated alkanes) is 2. The molecule has 0 bridgehead atoms. The van der Waals surface area contributed by atoms with Gasteiger partial charge in [-0.3, -0.25) is 0 Å². The molecule has 0 amide bonds. The van der Waals surface area contributed by atoms with Crippen LogP contribution in [0.4, 0.5) is 21.8 Å². The maximum Gasteiger partial charge on any atom is 0.227 e. The van der Waals surface area contributed by atoms with Gasteiger partial charge in [0.05, 0.1) is 0 Å². The second-order valence-electron chi connectivity index (χ2n) is 6.33. The first-order chi connectivity index (χ1) is 12.3. The van der Waals surface area contributed by atoms with Crippen LogP contribution in [0.5, 0.6) is 0 Å². The van der Waals surface area contributed by atoms with Crippen molar-refractivity contribution in [1.29, 1.82) is 0 Å². The van der Waals surface area contributed by atoms with Crippen LogP contribution >= 0.6 is 0 Å². The molecule has 0 atom stereocenters. The molecule has 1 aliphatic heterocycles. The molecule has 0 unspecified atom stereocenters. The van der Waals surface area contributed by atoms with Gasteiger partial charge in [-0.2, -0.15) is 4.98 Å². The lowest BCUT2D eigenvalue weighted by Crippen LogP contribution is -2.47. The van der Waals surface area contributed by atoms with Gasteiger partial charge in [-0.1, -0.05) is 19.8 Å². The van der Waals surface area contributed by atoms with E-state index in [1.807, 2.05) is 24.4 Å². The summed E-state index contributed by atoms with van der Waals surface area (Å²) in [5, 5.41) is 3.38. The minimum atomic E-state index is -0.195. The van der Waals surface area contributed by atoms with E-state index in [-0.39, 0.29) is 5.82 Å². The highest BCUT2D eigenvalue weighted by Gasteiger charge is 2.19. The second-order valence-corrected chi connectivity index (χ2v) is 6.33. The number of anilines is 3. The molecule has 25 heavy (non-hydrogen) atoms. The van der Waals surface area contributed by atoms with E-state index in [1.165, 1.54) is 25.0 Å². The van der Waals surface area contributed by atoms with Gasteiger partial charge >= 0.3 is 0 Å². The zero-order valence-electron chi connectivity index (χ0n) is 14.8. The smallest absolute Gasteiger partial charge is 0.227 e. The Morgan fingerprint density at radius 1 is 1.00 bits per heavy atom. The first kappa shape index (κ1) is 17.5. The first-order valence-corrected chi connectivity index (χ1v) is 9.08. The molecule has 2 aromatic rings. The van der Waals surface area contributed by atoms with Gasteiger partial charge < -0.3 is 15.1 Å². The molecule has 0 aliphatic carbocycles. The summed E-state index contributed by atoms with van der Waals surface area (Å²) in [6.45, 7) is 6.62. The third kappa shape index (κ3) is 4.81. The predicted octanol–water partition coefficient (Wildman–Crippen LogP) is 3.54. The van der Waals surface area contributed by atoms with Gasteiger partial charge in [-0.05, 0) is 36.8 Å². The number of rotatable bonds is 7. The molecular weight excluding hydrogens is 317 g/mol. The van der Waals surface area contributed by atoms with Crippen molar-refractivity contribution in [2.45, 2.75) is 26.2 Å². The molecule has 0 radical (unpaired) electrons. The molecule has 0 saturated carbocycles. The van der Waals surface area contributed by atoms with Crippen LogP contribution in [0.25, 0.3) is 0 Å². The zero-order chi connectivity index (χ0) is 17.5. The van der Waals surface area contributed by atoms with E-state index in [0.717, 1.165) is 56.6 Å². The lowest BCUT2D eigenvalue weighted by Gasteiger charge is -2.36. The maximum atomic E-state index is 13.1. The van der Waals surface area contributed by atoms with E-state index in [9.17, 15) is 4.39 Å². The summed E-state index contributed by atoms with van der Waals surface area (Å²) >= 11 is 0. The van der Waals surface area contributed by atoms with Crippen molar-refractivity contribution in [1.82, 2.24) is 9.97 Å². The third-order valence-corrected chi connectivity index (χ3v) is 4.48. The molecule has 1 aromatic carbocycles. The van der Waals surface area contributed by atoms with Crippen molar-refractivity contribution < 1.29 is 4.39 Å². The summed E-state index contributed by atoms with van der Waals surface area (Å²) in [7, 11) is 0. The molecule has 3 rings (SSSR count). The fraction of sp³-hybridized carbons (Fsp3) is 0.474. The lowest BCUT2D eigenvalue weighted by molar-refractivity contribution is 0.623. The monoisotopic (exact) mass is 343 g/mol. The average Bonchev–Trinajstić information content (AvgIpc) is 2.66. The Labute approximate surface area is 148 Å². The van der Waals surface area contributed by atoms with Crippen LogP contribution in [0.1, 0.15) is 26.2 Å². The van der Waals surface area contributed by atoms with Gasteiger partial charge in [0.15, 0.2) is 0 Å². The van der Waals surface area contributed by atoms with Crippen LogP contribution in [0.2, 0.25) is 0 Å². The second kappa shape index (κ2) is 8.65. The first-order valence-electron chi connectivity index (χ1n) is 9.08. The van der Waals surface area contributed by atoms with Crippen LogP contribution in [-0.4, -0.2) is 42.7 Å². The van der Waals surface area contributed by atoms with Gasteiger partial charge in [-0.15, -0.1) is 0 Å². The van der Waals surface area contributed by atoms with E-state index in [2.05, 4.69) is 32.0 Å². The number of hydrogen-bond acceptors (Lipinski definition) is 5. The van der Waals surface area contributed by atoms with Crippen LogP contribution in [-0.2, 0) is 0 Å². The Hall–Kier alpha value is -2.37. The van der Waals surface area contributed by atoms with E-state index < -0.39 is 0 Å². The Balaban J connectivity index is 1.54. The standard InChI is InChI=1S/C19H26FN5/c1-2-3-4-10-21-18-9-11-22-19(23-18)25-14-12-24(13-15-25)17-7-5-16(20)6-8-17/h5-9,11H,2-4,10,12-15H2,1H3,(H,21,22,23). The van der Waals surface area contributed by atoms with Crippen molar-refractivity contribution in [2.24, 2.45) is 0 Å². The molecule has 1 aromatic heterocycles. The summed E-state index contributed by atoms with van der Waals surface area (Å²) in [6.07, 6.45) is 5.42. The minimum Gasteiger partial charge on any atom is -0.370 e. The number of nitrogens with one attached hydrogen (secondary N) is 1. The van der Waals surface area contributed by atoms with Crippen LogP contribution in [0.3, 0.4) is 0 Å². The molecular formula is C19H26FN5. The molecule has 1 N–H and O–H groups in total. The molecule has 6 heteroatoms. The summed E-state index contributed by atoms with van der Waals surface area (Å²) in [5.74, 6) is 1.47. The van der Waals surface area contributed by atoms with E-state index >= 15 is 0 Å². The highest BCUT2D eigenvalue weighted by molar-refractivity contribution is 5.49. The zero-order valence-corrected chi connectivity index (χ0v) is 14.8. The van der Waals surface area contributed by atoms with Gasteiger partial charge in [0, 0.05) is 44.6 Å². The number of halogens is 1. The van der Waals surface area contributed by atoms with Crippen molar-refractivity contribution in [3.05, 3.63) is 42.3 Å². The maximum absolute atomic E-state index is 13.1. The summed E-state index contributed by atoms with van der Waals surface area (Å²) < 4.78 is 13.1. The van der Waals surface area contributed by atoms with Crippen molar-refractivity contribution in [3.63, 3.8) is 0 Å². The highest BCUT2D eigenvalue weighted by Crippen LogP contribution is 2.19. The topological polar surface area (TPSA) is 44.3 Å². The number of benzene rings is 1. The number of hydrogen-bond donors (Lipinski definition) is 1. The predicted molar refractivity (Wildman–Crippen MR) is 101 cm³/mol. The summed E-state index contributed by atoms with van der Waals surface area (Å²) in [5.41, 5.74) is 1.06. The largest absolute Gasteiger partial charge is 0.370 e. The Kier molecular flexibility index (Phi) is 6.04. The van der Waals surface area contributed by atoms with Crippen molar-refractivity contribution in [3.8, 4) is 0 Å². The van der Waals surface area contributed by atoms with Crippen LogP contribution < -0.4 is 15.1 Å². The summed E-state index contributed by atoms with van der Waals surface area (Å²) in [6, 6.07) is 8.62. The molecule has 1 aliphatic rings. The van der Waals surface area contributed by atoms with E-state index in [1.54, 1.807) is 0 Å². The molecule has 134 valence electrons. The van der Waals surface area contributed by atoms with Gasteiger partial charge in [0.1, 0.15) is 11.6 Å². The Bertz CT molecular complexity index is 653. The quantitative estimate of drug-likeness (QED) is 0.779. The summed E-state index contributed by atoms with van der Waals surface area (Å²) in [4.78, 5) is 13.5. The van der Waals surface area contributed by atoms with Gasteiger partial charge in [0.2, 0.25) is 5.95 Å². The molecule has 5 nitrogen and oxygen atoms in total. The lowest BCUT2D eigenvalue weighted by atomic mass is 10.2. The fourth-order valence-corrected chi connectivity index (χ4v) is 3.01. The Morgan fingerprint density at radius 3 is 2.44 bits per heavy atom. The van der Waals surface area contributed by atoms with Crippen LogP contribution in [0, 0.1) is 5.82 Å². The molecule has 2 heterocycles. The van der Waals surface area contributed by atoms with E-state index in [4.69, 9.17) is 0 Å². The number of piperazine rings is 1. The van der Waals surface area contributed by atoms with E-state index in [0.29, 0.717) is 0 Å². The van der Waals surface area contributed by atoms with Gasteiger partial charge in [-0.25, -0.2) is 9.37 Å². The molecule has 1 saturated heterocycles.